The van der Waals surface area contributed by atoms with Gasteiger partial charge in [-0.05, 0) is 23.6 Å². The van der Waals surface area contributed by atoms with Crippen LogP contribution in [0.25, 0.3) is 11.3 Å². The molecule has 0 atom stereocenters. The normalized spacial score (nSPS) is 10.9. The fourth-order valence-corrected chi connectivity index (χ4v) is 2.78. The van der Waals surface area contributed by atoms with Crippen LogP contribution in [0.3, 0.4) is 0 Å². The minimum Gasteiger partial charge on any atom is -0.459 e. The SMILES string of the molecule is CC(C)c1ccc(-c2csc(NC(=O)c3ccco3)n2)cc1. The highest BCUT2D eigenvalue weighted by molar-refractivity contribution is 7.14. The average Bonchev–Trinajstić information content (AvgIpc) is 3.19. The highest BCUT2D eigenvalue weighted by Crippen LogP contribution is 2.26. The summed E-state index contributed by atoms with van der Waals surface area (Å²) in [5.41, 5.74) is 3.19. The van der Waals surface area contributed by atoms with E-state index in [1.165, 1.54) is 23.2 Å². The summed E-state index contributed by atoms with van der Waals surface area (Å²) in [7, 11) is 0. The fraction of sp³-hybridized carbons (Fsp3) is 0.176. The summed E-state index contributed by atoms with van der Waals surface area (Å²) < 4.78 is 5.06. The van der Waals surface area contributed by atoms with Crippen LogP contribution < -0.4 is 5.32 Å². The molecule has 0 aliphatic heterocycles. The van der Waals surface area contributed by atoms with Gasteiger partial charge in [0, 0.05) is 10.9 Å². The first-order valence-electron chi connectivity index (χ1n) is 7.04. The first-order valence-corrected chi connectivity index (χ1v) is 7.92. The molecule has 5 heteroatoms. The first kappa shape index (κ1) is 14.5. The van der Waals surface area contributed by atoms with Crippen LogP contribution in [0.1, 0.15) is 35.9 Å². The van der Waals surface area contributed by atoms with Crippen molar-refractivity contribution in [3.8, 4) is 11.3 Å². The molecule has 0 bridgehead atoms. The van der Waals surface area contributed by atoms with Gasteiger partial charge in [0.1, 0.15) is 0 Å². The van der Waals surface area contributed by atoms with Crippen molar-refractivity contribution in [2.45, 2.75) is 19.8 Å². The number of hydrogen-bond donors (Lipinski definition) is 1. The summed E-state index contributed by atoms with van der Waals surface area (Å²) in [6, 6.07) is 11.6. The number of amides is 1. The number of benzene rings is 1. The van der Waals surface area contributed by atoms with E-state index in [0.29, 0.717) is 11.0 Å². The zero-order valence-electron chi connectivity index (χ0n) is 12.4. The Morgan fingerprint density at radius 3 is 2.64 bits per heavy atom. The van der Waals surface area contributed by atoms with E-state index in [1.54, 1.807) is 12.1 Å². The van der Waals surface area contributed by atoms with Crippen molar-refractivity contribution in [1.29, 1.82) is 0 Å². The van der Waals surface area contributed by atoms with Gasteiger partial charge in [-0.25, -0.2) is 4.98 Å². The Morgan fingerprint density at radius 2 is 2.00 bits per heavy atom. The van der Waals surface area contributed by atoms with E-state index in [1.807, 2.05) is 5.38 Å². The molecule has 0 aliphatic carbocycles. The largest absolute Gasteiger partial charge is 0.459 e. The summed E-state index contributed by atoms with van der Waals surface area (Å²) >= 11 is 1.40. The predicted octanol–water partition coefficient (Wildman–Crippen LogP) is 4.78. The van der Waals surface area contributed by atoms with Crippen molar-refractivity contribution in [2.75, 3.05) is 5.32 Å². The number of anilines is 1. The van der Waals surface area contributed by atoms with Gasteiger partial charge in [0.15, 0.2) is 10.9 Å². The molecule has 0 unspecified atom stereocenters. The van der Waals surface area contributed by atoms with Gasteiger partial charge in [0.2, 0.25) is 0 Å². The third-order valence-electron chi connectivity index (χ3n) is 3.34. The second kappa shape index (κ2) is 6.15. The molecular formula is C17H16N2O2S. The van der Waals surface area contributed by atoms with Crippen molar-refractivity contribution in [1.82, 2.24) is 4.98 Å². The van der Waals surface area contributed by atoms with E-state index in [0.717, 1.165) is 11.3 Å². The lowest BCUT2D eigenvalue weighted by Crippen LogP contribution is -2.10. The van der Waals surface area contributed by atoms with Crippen LogP contribution >= 0.6 is 11.3 Å². The number of aromatic nitrogens is 1. The van der Waals surface area contributed by atoms with Crippen LogP contribution in [0.15, 0.2) is 52.5 Å². The Kier molecular flexibility index (Phi) is 4.06. The van der Waals surface area contributed by atoms with Crippen molar-refractivity contribution < 1.29 is 9.21 Å². The highest BCUT2D eigenvalue weighted by atomic mass is 32.1. The van der Waals surface area contributed by atoms with Crippen LogP contribution in [-0.4, -0.2) is 10.9 Å². The number of hydrogen-bond acceptors (Lipinski definition) is 4. The van der Waals surface area contributed by atoms with Crippen molar-refractivity contribution >= 4 is 22.4 Å². The summed E-state index contributed by atoms with van der Waals surface area (Å²) in [5, 5.41) is 5.23. The van der Waals surface area contributed by atoms with E-state index in [-0.39, 0.29) is 11.7 Å². The minimum atomic E-state index is -0.291. The quantitative estimate of drug-likeness (QED) is 0.754. The lowest BCUT2D eigenvalue weighted by molar-refractivity contribution is 0.0996. The second-order valence-electron chi connectivity index (χ2n) is 5.25. The smallest absolute Gasteiger partial charge is 0.293 e. The van der Waals surface area contributed by atoms with E-state index >= 15 is 0 Å². The van der Waals surface area contributed by atoms with E-state index < -0.39 is 0 Å². The van der Waals surface area contributed by atoms with Gasteiger partial charge in [-0.1, -0.05) is 38.1 Å². The van der Waals surface area contributed by atoms with Crippen LogP contribution in [0.2, 0.25) is 0 Å². The molecule has 4 nitrogen and oxygen atoms in total. The molecule has 0 aliphatic rings. The molecule has 22 heavy (non-hydrogen) atoms. The summed E-state index contributed by atoms with van der Waals surface area (Å²) in [4.78, 5) is 16.4. The molecule has 0 spiro atoms. The number of furan rings is 1. The number of rotatable bonds is 4. The number of carbonyl (C=O) groups is 1. The fourth-order valence-electron chi connectivity index (χ4n) is 2.07. The molecular weight excluding hydrogens is 296 g/mol. The molecule has 0 saturated carbocycles. The lowest BCUT2D eigenvalue weighted by Gasteiger charge is -2.05. The van der Waals surface area contributed by atoms with Crippen LogP contribution in [-0.2, 0) is 0 Å². The summed E-state index contributed by atoms with van der Waals surface area (Å²) in [5.74, 6) is 0.492. The maximum absolute atomic E-state index is 11.9. The van der Waals surface area contributed by atoms with Crippen LogP contribution in [0.4, 0.5) is 5.13 Å². The maximum atomic E-state index is 11.9. The third-order valence-corrected chi connectivity index (χ3v) is 4.10. The number of carbonyl (C=O) groups excluding carboxylic acids is 1. The second-order valence-corrected chi connectivity index (χ2v) is 6.10. The van der Waals surface area contributed by atoms with Gasteiger partial charge in [-0.3, -0.25) is 10.1 Å². The standard InChI is InChI=1S/C17H16N2O2S/c1-11(2)12-5-7-13(8-6-12)14-10-22-17(18-14)19-16(20)15-4-3-9-21-15/h3-11H,1-2H3,(H,18,19,20). The van der Waals surface area contributed by atoms with Gasteiger partial charge in [-0.15, -0.1) is 11.3 Å². The average molecular weight is 312 g/mol. The Morgan fingerprint density at radius 1 is 1.23 bits per heavy atom. The topological polar surface area (TPSA) is 55.1 Å². The molecule has 2 heterocycles. The highest BCUT2D eigenvalue weighted by Gasteiger charge is 2.12. The Balaban J connectivity index is 1.74. The van der Waals surface area contributed by atoms with Crippen LogP contribution in [0, 0.1) is 0 Å². The lowest BCUT2D eigenvalue weighted by atomic mass is 10.0. The number of thiazole rings is 1. The first-order chi connectivity index (χ1) is 10.6. The Labute approximate surface area is 132 Å². The zero-order valence-corrected chi connectivity index (χ0v) is 13.2. The van der Waals surface area contributed by atoms with Crippen molar-refractivity contribution in [3.05, 3.63) is 59.4 Å². The molecule has 0 radical (unpaired) electrons. The third kappa shape index (κ3) is 3.09. The molecule has 0 fully saturated rings. The Hall–Kier alpha value is -2.40. The molecule has 1 aromatic carbocycles. The monoisotopic (exact) mass is 312 g/mol. The molecule has 2 aromatic heterocycles. The van der Waals surface area contributed by atoms with Gasteiger partial charge in [0.25, 0.3) is 5.91 Å². The van der Waals surface area contributed by atoms with Gasteiger partial charge >= 0.3 is 0 Å². The van der Waals surface area contributed by atoms with Gasteiger partial charge < -0.3 is 4.42 Å². The van der Waals surface area contributed by atoms with Gasteiger partial charge in [0.05, 0.1) is 12.0 Å². The number of nitrogens with zero attached hydrogens (tertiary/aromatic N) is 1. The minimum absolute atomic E-state index is 0.276. The van der Waals surface area contributed by atoms with E-state index in [2.05, 4.69) is 48.4 Å². The predicted molar refractivity (Wildman–Crippen MR) is 88.3 cm³/mol. The molecule has 3 rings (SSSR count). The molecule has 112 valence electrons. The molecule has 3 aromatic rings. The van der Waals surface area contributed by atoms with Crippen molar-refractivity contribution in [2.24, 2.45) is 0 Å². The Bertz CT molecular complexity index is 758. The summed E-state index contributed by atoms with van der Waals surface area (Å²) in [6.07, 6.45) is 1.47. The van der Waals surface area contributed by atoms with Gasteiger partial charge in [-0.2, -0.15) is 0 Å². The molecule has 0 saturated heterocycles. The summed E-state index contributed by atoms with van der Waals surface area (Å²) in [6.45, 7) is 4.33. The van der Waals surface area contributed by atoms with E-state index in [4.69, 9.17) is 4.42 Å². The van der Waals surface area contributed by atoms with Crippen molar-refractivity contribution in [3.63, 3.8) is 0 Å². The molecule has 1 N–H and O–H groups in total. The molecule has 1 amide bonds. The maximum Gasteiger partial charge on any atom is 0.293 e. The van der Waals surface area contributed by atoms with Crippen LogP contribution in [0.5, 0.6) is 0 Å². The van der Waals surface area contributed by atoms with E-state index in [9.17, 15) is 4.79 Å². The zero-order chi connectivity index (χ0) is 15.5. The number of nitrogens with one attached hydrogen (secondary N) is 1.